The maximum atomic E-state index is 13.6. The Morgan fingerprint density at radius 1 is 1.16 bits per heavy atom. The molecule has 0 bridgehead atoms. The SMILES string of the molecule is CCOC(=O)C1=C(c2ccccc2)N=C2SC=C(CC(=O)NC[C@@H]3CCCO3)N2[C@H]1c1ccccc1OC. The third-order valence-corrected chi connectivity index (χ3v) is 7.57. The van der Waals surface area contributed by atoms with Crippen LogP contribution in [0.15, 0.2) is 76.3 Å². The van der Waals surface area contributed by atoms with E-state index in [1.54, 1.807) is 14.0 Å². The third-order valence-electron chi connectivity index (χ3n) is 6.68. The van der Waals surface area contributed by atoms with E-state index in [0.717, 1.165) is 36.3 Å². The molecule has 3 aliphatic rings. The standard InChI is InChI=1S/C29H31N3O5S/c1-3-36-28(34)25-26(19-10-5-4-6-11-19)31-29-32(27(25)22-13-7-8-14-23(22)35-2)20(18-38-29)16-24(33)30-17-21-12-9-15-37-21/h4-8,10-11,13-14,18,21,27H,3,9,12,15-17H2,1-2H3,(H,30,33)/t21-,27-/m0/s1. The minimum atomic E-state index is -0.597. The van der Waals surface area contributed by atoms with Gasteiger partial charge < -0.3 is 24.4 Å². The lowest BCUT2D eigenvalue weighted by Gasteiger charge is -2.37. The van der Waals surface area contributed by atoms with Crippen LogP contribution in [0.5, 0.6) is 5.75 Å². The van der Waals surface area contributed by atoms with Crippen LogP contribution in [0.2, 0.25) is 0 Å². The fourth-order valence-corrected chi connectivity index (χ4v) is 5.85. The number of benzene rings is 2. The molecular weight excluding hydrogens is 502 g/mol. The lowest BCUT2D eigenvalue weighted by molar-refractivity contribution is -0.139. The molecule has 198 valence electrons. The molecule has 3 aliphatic heterocycles. The molecule has 1 amide bonds. The monoisotopic (exact) mass is 533 g/mol. The van der Waals surface area contributed by atoms with Crippen molar-refractivity contribution in [1.82, 2.24) is 10.2 Å². The van der Waals surface area contributed by atoms with Crippen molar-refractivity contribution in [2.24, 2.45) is 4.99 Å². The molecule has 2 atom stereocenters. The Morgan fingerprint density at radius 2 is 1.95 bits per heavy atom. The highest BCUT2D eigenvalue weighted by Gasteiger charge is 2.43. The van der Waals surface area contributed by atoms with Crippen molar-refractivity contribution in [2.45, 2.75) is 38.3 Å². The molecule has 9 heteroatoms. The highest BCUT2D eigenvalue weighted by Crippen LogP contribution is 2.48. The largest absolute Gasteiger partial charge is 0.496 e. The van der Waals surface area contributed by atoms with E-state index >= 15 is 0 Å². The number of ether oxygens (including phenoxy) is 3. The van der Waals surface area contributed by atoms with Crippen LogP contribution in [0.25, 0.3) is 5.70 Å². The number of carbonyl (C=O) groups excluding carboxylic acids is 2. The Balaban J connectivity index is 1.55. The summed E-state index contributed by atoms with van der Waals surface area (Å²) in [5.74, 6) is 0.0686. The van der Waals surface area contributed by atoms with Gasteiger partial charge in [0.2, 0.25) is 5.91 Å². The van der Waals surface area contributed by atoms with Crippen molar-refractivity contribution >= 4 is 34.5 Å². The lowest BCUT2D eigenvalue weighted by atomic mass is 9.91. The summed E-state index contributed by atoms with van der Waals surface area (Å²) in [4.78, 5) is 33.5. The normalized spacial score (nSPS) is 20.5. The highest BCUT2D eigenvalue weighted by molar-refractivity contribution is 8.16. The van der Waals surface area contributed by atoms with E-state index in [0.29, 0.717) is 28.7 Å². The summed E-state index contributed by atoms with van der Waals surface area (Å²) in [6.45, 7) is 3.24. The van der Waals surface area contributed by atoms with E-state index in [1.807, 2.05) is 64.9 Å². The van der Waals surface area contributed by atoms with Gasteiger partial charge in [0.25, 0.3) is 0 Å². The van der Waals surface area contributed by atoms with Gasteiger partial charge in [-0.05, 0) is 31.2 Å². The van der Waals surface area contributed by atoms with Gasteiger partial charge in [-0.2, -0.15) is 0 Å². The quantitative estimate of drug-likeness (QED) is 0.469. The van der Waals surface area contributed by atoms with Crippen LogP contribution in [0, 0.1) is 0 Å². The second-order valence-corrected chi connectivity index (χ2v) is 9.94. The van der Waals surface area contributed by atoms with E-state index in [9.17, 15) is 9.59 Å². The summed E-state index contributed by atoms with van der Waals surface area (Å²) >= 11 is 1.44. The fourth-order valence-electron chi connectivity index (χ4n) is 4.94. The van der Waals surface area contributed by atoms with E-state index in [-0.39, 0.29) is 25.0 Å². The van der Waals surface area contributed by atoms with Crippen LogP contribution >= 0.6 is 11.8 Å². The number of aliphatic imine (C=N–C) groups is 1. The molecule has 0 unspecified atom stereocenters. The van der Waals surface area contributed by atoms with Gasteiger partial charge in [-0.3, -0.25) is 4.79 Å². The fraction of sp³-hybridized carbons (Fsp3) is 0.345. The molecule has 1 N–H and O–H groups in total. The zero-order chi connectivity index (χ0) is 26.5. The number of fused-ring (bicyclic) bond motifs is 1. The highest BCUT2D eigenvalue weighted by atomic mass is 32.2. The first-order valence-electron chi connectivity index (χ1n) is 12.8. The maximum absolute atomic E-state index is 13.6. The van der Waals surface area contributed by atoms with Gasteiger partial charge >= 0.3 is 5.97 Å². The molecule has 0 aliphatic carbocycles. The number of carbonyl (C=O) groups is 2. The Labute approximate surface area is 226 Å². The second kappa shape index (κ2) is 11.9. The van der Waals surface area contributed by atoms with Crippen molar-refractivity contribution in [3.8, 4) is 5.75 Å². The van der Waals surface area contributed by atoms with E-state index < -0.39 is 12.0 Å². The number of rotatable bonds is 9. The van der Waals surface area contributed by atoms with Crippen molar-refractivity contribution in [3.63, 3.8) is 0 Å². The lowest BCUT2D eigenvalue weighted by Crippen LogP contribution is -2.39. The first-order valence-corrected chi connectivity index (χ1v) is 13.7. The third kappa shape index (κ3) is 5.35. The van der Waals surface area contributed by atoms with Gasteiger partial charge in [0.05, 0.1) is 43.6 Å². The zero-order valence-electron chi connectivity index (χ0n) is 21.5. The van der Waals surface area contributed by atoms with Crippen LogP contribution in [0.4, 0.5) is 0 Å². The summed E-state index contributed by atoms with van der Waals surface area (Å²) in [6.07, 6.45) is 2.17. The molecule has 0 radical (unpaired) electrons. The van der Waals surface area contributed by atoms with E-state index in [1.165, 1.54) is 11.8 Å². The molecule has 2 aromatic carbocycles. The Kier molecular flexibility index (Phi) is 8.14. The minimum Gasteiger partial charge on any atom is -0.496 e. The molecule has 0 saturated carbocycles. The average molecular weight is 534 g/mol. The van der Waals surface area contributed by atoms with Gasteiger partial charge in [0, 0.05) is 30.0 Å². The van der Waals surface area contributed by atoms with Crippen LogP contribution in [0.1, 0.15) is 43.4 Å². The number of hydrogen-bond donors (Lipinski definition) is 1. The number of para-hydroxylation sites is 1. The number of amides is 1. The Morgan fingerprint density at radius 3 is 2.68 bits per heavy atom. The molecule has 2 aromatic rings. The summed E-state index contributed by atoms with van der Waals surface area (Å²) in [6, 6.07) is 16.6. The maximum Gasteiger partial charge on any atom is 0.338 e. The van der Waals surface area contributed by atoms with Crippen molar-refractivity contribution in [2.75, 3.05) is 26.9 Å². The van der Waals surface area contributed by atoms with Gasteiger partial charge in [-0.25, -0.2) is 9.79 Å². The number of nitrogens with one attached hydrogen (secondary N) is 1. The van der Waals surface area contributed by atoms with Crippen LogP contribution in [-0.2, 0) is 19.1 Å². The predicted octanol–water partition coefficient (Wildman–Crippen LogP) is 4.66. The molecule has 3 heterocycles. The number of amidine groups is 1. The summed E-state index contributed by atoms with van der Waals surface area (Å²) in [7, 11) is 1.61. The summed E-state index contributed by atoms with van der Waals surface area (Å²) < 4.78 is 16.9. The smallest absolute Gasteiger partial charge is 0.338 e. The topological polar surface area (TPSA) is 89.5 Å². The van der Waals surface area contributed by atoms with Crippen molar-refractivity contribution in [1.29, 1.82) is 0 Å². The van der Waals surface area contributed by atoms with Crippen molar-refractivity contribution < 1.29 is 23.8 Å². The molecule has 1 fully saturated rings. The minimum absolute atomic E-state index is 0.0612. The number of thioether (sulfide) groups is 1. The first-order chi connectivity index (χ1) is 18.6. The molecular formula is C29H31N3O5S. The van der Waals surface area contributed by atoms with E-state index in [4.69, 9.17) is 19.2 Å². The molecule has 5 rings (SSSR count). The Bertz CT molecular complexity index is 1280. The molecule has 0 aromatic heterocycles. The van der Waals surface area contributed by atoms with Crippen LogP contribution in [0.3, 0.4) is 0 Å². The number of hydrogen-bond acceptors (Lipinski definition) is 8. The van der Waals surface area contributed by atoms with Crippen molar-refractivity contribution in [3.05, 3.63) is 82.4 Å². The van der Waals surface area contributed by atoms with E-state index in [2.05, 4.69) is 5.32 Å². The number of nitrogens with zero attached hydrogens (tertiary/aromatic N) is 2. The molecule has 0 spiro atoms. The molecule has 38 heavy (non-hydrogen) atoms. The first kappa shape index (κ1) is 26.1. The van der Waals surface area contributed by atoms with Crippen LogP contribution in [-0.4, -0.2) is 54.9 Å². The van der Waals surface area contributed by atoms with Crippen LogP contribution < -0.4 is 10.1 Å². The van der Waals surface area contributed by atoms with Gasteiger partial charge in [0.15, 0.2) is 5.17 Å². The molecule has 1 saturated heterocycles. The Hall–Kier alpha value is -3.56. The number of methoxy groups -OCH3 is 1. The zero-order valence-corrected chi connectivity index (χ0v) is 22.3. The summed E-state index contributed by atoms with van der Waals surface area (Å²) in [5.41, 5.74) is 3.30. The van der Waals surface area contributed by atoms with Gasteiger partial charge in [-0.15, -0.1) is 0 Å². The predicted molar refractivity (Wildman–Crippen MR) is 147 cm³/mol. The van der Waals surface area contributed by atoms with Gasteiger partial charge in [-0.1, -0.05) is 60.3 Å². The number of esters is 1. The molecule has 8 nitrogen and oxygen atoms in total. The second-order valence-electron chi connectivity index (χ2n) is 9.10. The van der Waals surface area contributed by atoms with Gasteiger partial charge in [0.1, 0.15) is 5.75 Å². The average Bonchev–Trinajstić information content (AvgIpc) is 3.62. The summed E-state index contributed by atoms with van der Waals surface area (Å²) in [5, 5.41) is 5.63.